The zero-order valence-electron chi connectivity index (χ0n) is 14.3. The Bertz CT molecular complexity index is 939. The number of aryl methyl sites for hydroxylation is 1. The Morgan fingerprint density at radius 1 is 0.792 bits per heavy atom. The van der Waals surface area contributed by atoms with Crippen molar-refractivity contribution >= 4 is 16.3 Å². The second-order valence-electron chi connectivity index (χ2n) is 6.80. The first-order valence-corrected chi connectivity index (χ1v) is 8.70. The van der Waals surface area contributed by atoms with Crippen molar-refractivity contribution in [1.29, 1.82) is 0 Å². The normalized spacial score (nSPS) is 17.1. The molecule has 1 unspecified atom stereocenters. The van der Waals surface area contributed by atoms with Gasteiger partial charge in [-0.15, -0.1) is 0 Å². The minimum absolute atomic E-state index is 0.645. The fourth-order valence-corrected chi connectivity index (χ4v) is 3.46. The maximum atomic E-state index is 2.37. The van der Waals surface area contributed by atoms with Crippen LogP contribution in [0.15, 0.2) is 78.9 Å². The molecule has 0 aliphatic heterocycles. The molecule has 0 heteroatoms. The van der Waals surface area contributed by atoms with E-state index in [-0.39, 0.29) is 0 Å². The maximum absolute atomic E-state index is 2.37. The molecule has 4 rings (SSSR count). The van der Waals surface area contributed by atoms with E-state index < -0.39 is 0 Å². The fourth-order valence-electron chi connectivity index (χ4n) is 3.46. The molecule has 0 saturated carbocycles. The summed E-state index contributed by atoms with van der Waals surface area (Å²) in [5, 5.41) is 2.66. The Labute approximate surface area is 144 Å². The third-order valence-electron chi connectivity index (χ3n) is 4.91. The molecular formula is C24H22. The molecule has 3 aromatic rings. The van der Waals surface area contributed by atoms with E-state index in [1.165, 1.54) is 38.6 Å². The summed E-state index contributed by atoms with van der Waals surface area (Å²) in [6.07, 6.45) is 8.09. The summed E-state index contributed by atoms with van der Waals surface area (Å²) in [6.45, 7) is 4.40. The molecule has 3 aromatic carbocycles. The Balaban J connectivity index is 1.89. The van der Waals surface area contributed by atoms with Crippen molar-refractivity contribution in [3.63, 3.8) is 0 Å². The van der Waals surface area contributed by atoms with E-state index in [0.717, 1.165) is 6.42 Å². The number of fused-ring (bicyclic) bond motifs is 1. The predicted octanol–water partition coefficient (Wildman–Crippen LogP) is 6.79. The summed E-state index contributed by atoms with van der Waals surface area (Å²) in [7, 11) is 0. The van der Waals surface area contributed by atoms with Gasteiger partial charge in [-0.05, 0) is 52.3 Å². The number of rotatable bonds is 2. The molecule has 0 amide bonds. The van der Waals surface area contributed by atoms with E-state index in [1.54, 1.807) is 0 Å². The smallest absolute Gasteiger partial charge is 0.00992 e. The van der Waals surface area contributed by atoms with E-state index in [2.05, 4.69) is 92.7 Å². The van der Waals surface area contributed by atoms with E-state index in [9.17, 15) is 0 Å². The van der Waals surface area contributed by atoms with Gasteiger partial charge in [0, 0.05) is 0 Å². The SMILES string of the molecule is Cc1ccc(-c2ccc(C3=CCC(C)C=C3)c3ccccc23)cc1. The first kappa shape index (κ1) is 15.0. The van der Waals surface area contributed by atoms with Gasteiger partial charge in [-0.25, -0.2) is 0 Å². The average molecular weight is 310 g/mol. The highest BCUT2D eigenvalue weighted by molar-refractivity contribution is 6.03. The molecule has 1 atom stereocenters. The van der Waals surface area contributed by atoms with Crippen molar-refractivity contribution < 1.29 is 0 Å². The molecule has 24 heavy (non-hydrogen) atoms. The molecule has 0 spiro atoms. The number of hydrogen-bond donors (Lipinski definition) is 0. The van der Waals surface area contributed by atoms with Gasteiger partial charge in [0.2, 0.25) is 0 Å². The van der Waals surface area contributed by atoms with Gasteiger partial charge >= 0.3 is 0 Å². The van der Waals surface area contributed by atoms with Crippen LogP contribution in [0.4, 0.5) is 0 Å². The van der Waals surface area contributed by atoms with Gasteiger partial charge in [0.25, 0.3) is 0 Å². The van der Waals surface area contributed by atoms with Gasteiger partial charge in [0.1, 0.15) is 0 Å². The third-order valence-corrected chi connectivity index (χ3v) is 4.91. The van der Waals surface area contributed by atoms with Gasteiger partial charge in [-0.1, -0.05) is 91.4 Å². The Kier molecular flexibility index (Phi) is 3.82. The predicted molar refractivity (Wildman–Crippen MR) is 105 cm³/mol. The van der Waals surface area contributed by atoms with Crippen LogP contribution in [-0.4, -0.2) is 0 Å². The summed E-state index contributed by atoms with van der Waals surface area (Å²) in [6, 6.07) is 22.1. The zero-order valence-corrected chi connectivity index (χ0v) is 14.3. The zero-order chi connectivity index (χ0) is 16.5. The summed E-state index contributed by atoms with van der Waals surface area (Å²) in [4.78, 5) is 0. The van der Waals surface area contributed by atoms with Crippen molar-refractivity contribution in [2.24, 2.45) is 5.92 Å². The second kappa shape index (κ2) is 6.13. The minimum Gasteiger partial charge on any atom is -0.0808 e. The largest absolute Gasteiger partial charge is 0.0808 e. The first-order valence-electron chi connectivity index (χ1n) is 8.70. The molecule has 0 saturated heterocycles. The molecule has 0 N–H and O–H groups in total. The summed E-state index contributed by atoms with van der Waals surface area (Å²) in [5.41, 5.74) is 6.57. The van der Waals surface area contributed by atoms with Crippen molar-refractivity contribution in [2.45, 2.75) is 20.3 Å². The van der Waals surface area contributed by atoms with Crippen LogP contribution in [0.1, 0.15) is 24.5 Å². The van der Waals surface area contributed by atoms with Crippen LogP contribution in [0.2, 0.25) is 0 Å². The van der Waals surface area contributed by atoms with Gasteiger partial charge in [-0.3, -0.25) is 0 Å². The van der Waals surface area contributed by atoms with Crippen LogP contribution < -0.4 is 0 Å². The van der Waals surface area contributed by atoms with Crippen LogP contribution in [0.5, 0.6) is 0 Å². The van der Waals surface area contributed by atoms with Gasteiger partial charge in [0.05, 0.1) is 0 Å². The second-order valence-corrected chi connectivity index (χ2v) is 6.80. The fraction of sp³-hybridized carbons (Fsp3) is 0.167. The standard InChI is InChI=1S/C24H22/c1-17-7-11-19(12-8-17)21-15-16-22(20-13-9-18(2)10-14-20)24-6-4-3-5-23(21)24/h3-9,11-16,18H,10H2,1-2H3. The van der Waals surface area contributed by atoms with Crippen molar-refractivity contribution in [1.82, 2.24) is 0 Å². The lowest BCUT2D eigenvalue weighted by Gasteiger charge is -2.16. The quantitative estimate of drug-likeness (QED) is 0.488. The van der Waals surface area contributed by atoms with Crippen LogP contribution >= 0.6 is 0 Å². The summed E-state index contributed by atoms with van der Waals surface area (Å²) in [5.74, 6) is 0.645. The average Bonchev–Trinajstić information content (AvgIpc) is 2.62. The highest BCUT2D eigenvalue weighted by Crippen LogP contribution is 2.35. The van der Waals surface area contributed by atoms with E-state index >= 15 is 0 Å². The van der Waals surface area contributed by atoms with E-state index in [1.807, 2.05) is 0 Å². The van der Waals surface area contributed by atoms with Crippen LogP contribution in [0.3, 0.4) is 0 Å². The molecule has 0 aromatic heterocycles. The van der Waals surface area contributed by atoms with Crippen LogP contribution in [0.25, 0.3) is 27.5 Å². The molecule has 1 aliphatic rings. The number of benzene rings is 3. The molecular weight excluding hydrogens is 288 g/mol. The lowest BCUT2D eigenvalue weighted by Crippen LogP contribution is -1.95. The van der Waals surface area contributed by atoms with Crippen molar-refractivity contribution in [3.05, 3.63) is 90.0 Å². The topological polar surface area (TPSA) is 0 Å². The van der Waals surface area contributed by atoms with Gasteiger partial charge in [-0.2, -0.15) is 0 Å². The first-order chi connectivity index (χ1) is 11.7. The Morgan fingerprint density at radius 2 is 1.46 bits per heavy atom. The summed E-state index contributed by atoms with van der Waals surface area (Å²) >= 11 is 0. The maximum Gasteiger partial charge on any atom is -0.00992 e. The van der Waals surface area contributed by atoms with Crippen LogP contribution in [0, 0.1) is 12.8 Å². The molecule has 1 aliphatic carbocycles. The third kappa shape index (κ3) is 2.69. The van der Waals surface area contributed by atoms with Crippen molar-refractivity contribution in [3.8, 4) is 11.1 Å². The Hall–Kier alpha value is -2.60. The number of allylic oxidation sites excluding steroid dienone is 4. The van der Waals surface area contributed by atoms with Gasteiger partial charge < -0.3 is 0 Å². The lowest BCUT2D eigenvalue weighted by atomic mass is 9.88. The number of hydrogen-bond acceptors (Lipinski definition) is 0. The molecule has 0 bridgehead atoms. The van der Waals surface area contributed by atoms with Crippen molar-refractivity contribution in [2.75, 3.05) is 0 Å². The minimum atomic E-state index is 0.645. The lowest BCUT2D eigenvalue weighted by molar-refractivity contribution is 0.739. The monoisotopic (exact) mass is 310 g/mol. The molecule has 0 heterocycles. The summed E-state index contributed by atoms with van der Waals surface area (Å²) < 4.78 is 0. The molecule has 0 radical (unpaired) electrons. The van der Waals surface area contributed by atoms with E-state index in [4.69, 9.17) is 0 Å². The molecule has 0 fully saturated rings. The van der Waals surface area contributed by atoms with Crippen LogP contribution in [-0.2, 0) is 0 Å². The van der Waals surface area contributed by atoms with E-state index in [0.29, 0.717) is 5.92 Å². The van der Waals surface area contributed by atoms with Gasteiger partial charge in [0.15, 0.2) is 0 Å². The highest BCUT2D eigenvalue weighted by atomic mass is 14.2. The Morgan fingerprint density at radius 3 is 2.12 bits per heavy atom. The molecule has 0 nitrogen and oxygen atoms in total. The highest BCUT2D eigenvalue weighted by Gasteiger charge is 2.11. The molecule has 118 valence electrons.